The molecule has 3 aromatic rings. The number of halogens is 2. The smallest absolute Gasteiger partial charge is 1.00 e. The molecular formula is C34H38Cl2Zr. The van der Waals surface area contributed by atoms with Gasteiger partial charge >= 0.3 is 221 Å². The van der Waals surface area contributed by atoms with Crippen molar-refractivity contribution in [3.8, 4) is 11.1 Å². The van der Waals surface area contributed by atoms with Gasteiger partial charge in [0.15, 0.2) is 0 Å². The van der Waals surface area contributed by atoms with Crippen LogP contribution in [0.4, 0.5) is 0 Å². The minimum absolute atomic E-state index is 0. The molecule has 2 aliphatic rings. The number of rotatable bonds is 5. The maximum absolute atomic E-state index is 2.66. The molecule has 0 spiro atoms. The van der Waals surface area contributed by atoms with E-state index in [0.717, 1.165) is 12.8 Å². The Kier molecular flexibility index (Phi) is 9.83. The van der Waals surface area contributed by atoms with E-state index in [1.807, 2.05) is 3.28 Å². The molecule has 0 N–H and O–H groups in total. The molecular weight excluding hydrogens is 571 g/mol. The summed E-state index contributed by atoms with van der Waals surface area (Å²) in [7, 11) is 0. The Morgan fingerprint density at radius 2 is 1.49 bits per heavy atom. The first kappa shape index (κ1) is 30.0. The fourth-order valence-corrected chi connectivity index (χ4v) is 15.1. The second-order valence-electron chi connectivity index (χ2n) is 11.1. The zero-order valence-electron chi connectivity index (χ0n) is 23.0. The molecule has 2 aliphatic carbocycles. The largest absolute Gasteiger partial charge is 1.00 e. The molecule has 0 bridgehead atoms. The molecule has 3 heteroatoms. The van der Waals surface area contributed by atoms with Crippen LogP contribution in [0.25, 0.3) is 11.1 Å². The third-order valence-corrected chi connectivity index (χ3v) is 16.0. The van der Waals surface area contributed by atoms with E-state index in [2.05, 4.69) is 120 Å². The summed E-state index contributed by atoms with van der Waals surface area (Å²) in [4.78, 5) is 0. The average molecular weight is 609 g/mol. The molecule has 192 valence electrons. The van der Waals surface area contributed by atoms with Crippen molar-refractivity contribution >= 4 is 6.48 Å². The van der Waals surface area contributed by atoms with E-state index in [9.17, 15) is 0 Å². The SMILES string of the molecule is CCC1=[C](/[Zr+2](=[C](\C)c2ccccc2)[c]2cccc3c2Cc2ccccc2-3)C(CC)C=C1C(C)(C)C.[Cl-].[Cl-]. The maximum atomic E-state index is 2.66. The molecule has 0 radical (unpaired) electrons. The molecule has 0 heterocycles. The molecule has 0 aliphatic heterocycles. The Balaban J connectivity index is 0.00000190. The third-order valence-electron chi connectivity index (χ3n) is 7.96. The van der Waals surface area contributed by atoms with E-state index in [-0.39, 0.29) is 30.2 Å². The summed E-state index contributed by atoms with van der Waals surface area (Å²) >= 11 is -2.47. The predicted molar refractivity (Wildman–Crippen MR) is 149 cm³/mol. The van der Waals surface area contributed by atoms with Crippen LogP contribution < -0.4 is 28.1 Å². The first-order chi connectivity index (χ1) is 16.8. The predicted octanol–water partition coefficient (Wildman–Crippen LogP) is 2.43. The van der Waals surface area contributed by atoms with E-state index in [1.54, 1.807) is 23.2 Å². The average Bonchev–Trinajstić information content (AvgIpc) is 3.43. The van der Waals surface area contributed by atoms with Crippen LogP contribution >= 0.6 is 0 Å². The molecule has 37 heavy (non-hydrogen) atoms. The number of hydrogen-bond acceptors (Lipinski definition) is 0. The third kappa shape index (κ3) is 5.48. The van der Waals surface area contributed by atoms with Crippen LogP contribution in [0.1, 0.15) is 71.1 Å². The molecule has 0 saturated heterocycles. The Morgan fingerprint density at radius 1 is 0.838 bits per heavy atom. The van der Waals surface area contributed by atoms with Gasteiger partial charge in [-0.15, -0.1) is 0 Å². The topological polar surface area (TPSA) is 0 Å². The van der Waals surface area contributed by atoms with Crippen LogP contribution in [0.3, 0.4) is 0 Å². The molecule has 1 atom stereocenters. The van der Waals surface area contributed by atoms with Crippen LogP contribution in [-0.2, 0) is 27.7 Å². The summed E-state index contributed by atoms with van der Waals surface area (Å²) in [6.45, 7) is 14.4. The Hall–Kier alpha value is -1.53. The summed E-state index contributed by atoms with van der Waals surface area (Å²) in [6.07, 6.45) is 6.07. The normalized spacial score (nSPS) is 16.3. The van der Waals surface area contributed by atoms with Gasteiger partial charge in [0.05, 0.1) is 0 Å². The molecule has 1 unspecified atom stereocenters. The van der Waals surface area contributed by atoms with Gasteiger partial charge in [-0.3, -0.25) is 0 Å². The summed E-state index contributed by atoms with van der Waals surface area (Å²) in [5.41, 5.74) is 10.9. The second kappa shape index (κ2) is 12.1. The zero-order chi connectivity index (χ0) is 24.7. The maximum Gasteiger partial charge on any atom is -1.00 e. The van der Waals surface area contributed by atoms with Crippen LogP contribution in [-0.4, -0.2) is 3.21 Å². The summed E-state index contributed by atoms with van der Waals surface area (Å²) in [5.74, 6) is 0.576. The van der Waals surface area contributed by atoms with E-state index >= 15 is 0 Å². The van der Waals surface area contributed by atoms with Crippen molar-refractivity contribution in [3.05, 3.63) is 110 Å². The molecule has 0 fully saturated rings. The first-order valence-electron chi connectivity index (χ1n) is 13.3. The van der Waals surface area contributed by atoms with Crippen molar-refractivity contribution in [2.45, 2.75) is 60.8 Å². The van der Waals surface area contributed by atoms with Gasteiger partial charge in [-0.25, -0.2) is 0 Å². The molecule has 0 aromatic heterocycles. The summed E-state index contributed by atoms with van der Waals surface area (Å²) in [5, 5.41) is 0. The second-order valence-corrected chi connectivity index (χ2v) is 17.5. The van der Waals surface area contributed by atoms with Crippen LogP contribution in [0.5, 0.6) is 0 Å². The van der Waals surface area contributed by atoms with Crippen molar-refractivity contribution in [2.24, 2.45) is 11.3 Å². The quantitative estimate of drug-likeness (QED) is 0.327. The van der Waals surface area contributed by atoms with Gasteiger partial charge in [0.25, 0.3) is 0 Å². The number of allylic oxidation sites excluding steroid dienone is 4. The van der Waals surface area contributed by atoms with Crippen molar-refractivity contribution in [2.75, 3.05) is 0 Å². The molecule has 0 saturated carbocycles. The van der Waals surface area contributed by atoms with Gasteiger partial charge in [0, 0.05) is 0 Å². The van der Waals surface area contributed by atoms with Gasteiger partial charge in [0.1, 0.15) is 0 Å². The summed E-state index contributed by atoms with van der Waals surface area (Å²) < 4.78 is 5.21. The monoisotopic (exact) mass is 606 g/mol. The van der Waals surface area contributed by atoms with Gasteiger partial charge in [-0.05, 0) is 0 Å². The van der Waals surface area contributed by atoms with Crippen LogP contribution in [0, 0.1) is 11.3 Å². The van der Waals surface area contributed by atoms with E-state index in [1.165, 1.54) is 28.7 Å². The van der Waals surface area contributed by atoms with E-state index < -0.39 is 21.3 Å². The number of fused-ring (bicyclic) bond motifs is 3. The standard InChI is InChI=1S/C13H9.C13H21.C8H8.2ClH.Zr/c1-3-7-12-10(5-1)9-11-6-2-4-8-13(11)12;1-6-10-8-11(7-2)12(9-10)13(3,4)5;1-2-8-6-4-3-5-7-8;;;/h1-5,7-8H,9H2;9-10H,6-7H2,1-5H3;3-7H,1H3;2*1H;/q;;;;;+2/p-2. The van der Waals surface area contributed by atoms with E-state index in [0.29, 0.717) is 5.92 Å². The van der Waals surface area contributed by atoms with E-state index in [4.69, 9.17) is 0 Å². The minimum Gasteiger partial charge on any atom is -1.00 e. The van der Waals surface area contributed by atoms with Gasteiger partial charge in [-0.1, -0.05) is 0 Å². The molecule has 5 rings (SSSR count). The van der Waals surface area contributed by atoms with Gasteiger partial charge in [0.2, 0.25) is 0 Å². The number of hydrogen-bond donors (Lipinski definition) is 0. The van der Waals surface area contributed by atoms with Gasteiger partial charge in [-0.2, -0.15) is 0 Å². The first-order valence-corrected chi connectivity index (χ1v) is 17.0. The van der Waals surface area contributed by atoms with Crippen molar-refractivity contribution in [1.29, 1.82) is 0 Å². The Morgan fingerprint density at radius 3 is 2.14 bits per heavy atom. The zero-order valence-corrected chi connectivity index (χ0v) is 26.9. The fourth-order valence-electron chi connectivity index (χ4n) is 6.27. The molecule has 0 nitrogen and oxygen atoms in total. The van der Waals surface area contributed by atoms with Crippen LogP contribution in [0.15, 0.2) is 93.3 Å². The Labute approximate surface area is 244 Å². The van der Waals surface area contributed by atoms with Crippen molar-refractivity contribution < 1.29 is 46.1 Å². The van der Waals surface area contributed by atoms with Crippen molar-refractivity contribution in [1.82, 2.24) is 0 Å². The van der Waals surface area contributed by atoms with Crippen molar-refractivity contribution in [3.63, 3.8) is 0 Å². The number of benzene rings is 3. The van der Waals surface area contributed by atoms with Crippen LogP contribution in [0.2, 0.25) is 0 Å². The van der Waals surface area contributed by atoms with Gasteiger partial charge < -0.3 is 24.8 Å². The Bertz CT molecular complexity index is 1370. The molecule has 0 amide bonds. The molecule has 3 aromatic carbocycles. The fraction of sp³-hybridized carbons (Fsp3) is 0.324. The summed E-state index contributed by atoms with van der Waals surface area (Å²) in [6, 6.07) is 27.5. The minimum atomic E-state index is -2.47.